The van der Waals surface area contributed by atoms with Gasteiger partial charge in [-0.3, -0.25) is 37.5 Å². The van der Waals surface area contributed by atoms with Gasteiger partial charge in [-0.1, -0.05) is 37.4 Å². The highest BCUT2D eigenvalue weighted by Gasteiger charge is 2.50. The first-order valence-corrected chi connectivity index (χ1v) is 25.7. The Hall–Kier alpha value is -6.57. The van der Waals surface area contributed by atoms with Crippen molar-refractivity contribution in [1.29, 1.82) is 0 Å². The molecule has 4 N–H and O–H groups in total. The standard InChI is InChI=1S/C40H32ClF10N7O4S2.C5H11NO2.C2H6.CH2O2/c1-37(2,64(4)62)11-9-23-5-6-24(25-7-8-27(41)31-33(25)57(19-39(46,47)48)55-36(31)58(63-3)30(61)18-59)32(52-23)28(15-20-13-21(42)16-22(43)14-20)53-29(60)17-56-35-26(10-12-38(35,44)45)34(54-56)40(49,50)51;1-4(6-2)3-5(7)8;1-2;2-1-3/h5-8,13-14,16,18,28H,10,12,15,17,19H2,1-4H3,(H,53,60);4,6H,3H2,1-2H3,(H,7,8);1-2H3;1H,(H,2,3). The number of benzene rings is 2. The molecule has 3 unspecified atom stereocenters. The summed E-state index contributed by atoms with van der Waals surface area (Å²) in [4.78, 5) is 61.1. The van der Waals surface area contributed by atoms with E-state index >= 15 is 8.78 Å². The monoisotopic (exact) mass is 1160 g/mol. The Kier molecular flexibility index (Phi) is 22.8. The number of aromatic nitrogens is 5. The van der Waals surface area contributed by atoms with Crippen molar-refractivity contribution in [3.05, 3.63) is 93.0 Å². The van der Waals surface area contributed by atoms with Crippen LogP contribution in [0.3, 0.4) is 0 Å². The molecule has 2 aromatic carbocycles. The van der Waals surface area contributed by atoms with Gasteiger partial charge in [-0.05, 0) is 94.4 Å². The van der Waals surface area contributed by atoms with E-state index in [0.717, 1.165) is 12.1 Å². The van der Waals surface area contributed by atoms with Gasteiger partial charge in [-0.2, -0.15) is 45.3 Å². The molecule has 1 aliphatic carbocycles. The highest BCUT2D eigenvalue weighted by atomic mass is 35.5. The molecular formula is C48H51ClF10N8O8S2. The quantitative estimate of drug-likeness (QED) is 0.0253. The first-order valence-electron chi connectivity index (χ1n) is 22.6. The molecule has 16 nitrogen and oxygen atoms in total. The molecule has 0 spiro atoms. The zero-order chi connectivity index (χ0) is 58.5. The molecular weight excluding hydrogens is 1110 g/mol. The van der Waals surface area contributed by atoms with Crippen LogP contribution in [0.2, 0.25) is 5.02 Å². The zero-order valence-corrected chi connectivity index (χ0v) is 44.5. The lowest BCUT2D eigenvalue weighted by atomic mass is 9.93. The van der Waals surface area contributed by atoms with E-state index in [2.05, 4.69) is 37.7 Å². The van der Waals surface area contributed by atoms with Crippen molar-refractivity contribution in [1.82, 2.24) is 35.2 Å². The number of anilines is 1. The third-order valence-electron chi connectivity index (χ3n) is 10.9. The van der Waals surface area contributed by atoms with Crippen molar-refractivity contribution in [2.75, 3.05) is 23.9 Å². The molecule has 0 saturated carbocycles. The molecule has 3 aromatic heterocycles. The third-order valence-corrected chi connectivity index (χ3v) is 13.5. The maximum Gasteiger partial charge on any atom is 0.435 e. The fraction of sp³-hybridized carbons (Fsp3) is 0.417. The van der Waals surface area contributed by atoms with Crippen LogP contribution in [-0.2, 0) is 72.8 Å². The number of hydrogen-bond acceptors (Lipinski definition) is 11. The number of hydrogen-bond donors (Lipinski definition) is 4. The number of fused-ring (bicyclic) bond motifs is 2. The summed E-state index contributed by atoms with van der Waals surface area (Å²) in [7, 11) is 0.215. The van der Waals surface area contributed by atoms with Crippen LogP contribution >= 0.6 is 23.5 Å². The van der Waals surface area contributed by atoms with E-state index in [4.69, 9.17) is 26.6 Å². The topological polar surface area (TPSA) is 219 Å². The average molecular weight is 1160 g/mol. The van der Waals surface area contributed by atoms with Crippen LogP contribution in [0.15, 0.2) is 42.5 Å². The summed E-state index contributed by atoms with van der Waals surface area (Å²) >= 11 is 7.19. The van der Waals surface area contributed by atoms with E-state index in [-0.39, 0.29) is 68.4 Å². The van der Waals surface area contributed by atoms with Crippen molar-refractivity contribution in [3.63, 3.8) is 0 Å². The van der Waals surface area contributed by atoms with E-state index in [1.165, 1.54) is 36.8 Å². The van der Waals surface area contributed by atoms with E-state index in [1.807, 2.05) is 20.8 Å². The smallest absolute Gasteiger partial charge is 0.435 e. The van der Waals surface area contributed by atoms with Gasteiger partial charge in [0.25, 0.3) is 12.4 Å². The highest BCUT2D eigenvalue weighted by Crippen LogP contribution is 2.47. The first-order chi connectivity index (χ1) is 35.8. The zero-order valence-electron chi connectivity index (χ0n) is 42.1. The Morgan fingerprint density at radius 2 is 1.60 bits per heavy atom. The van der Waals surface area contributed by atoms with Crippen LogP contribution < -0.4 is 14.9 Å². The number of alkyl halides is 8. The van der Waals surface area contributed by atoms with Crippen molar-refractivity contribution in [2.45, 2.75) is 108 Å². The number of pyridine rings is 1. The minimum Gasteiger partial charge on any atom is -0.483 e. The van der Waals surface area contributed by atoms with Crippen molar-refractivity contribution >= 4 is 81.6 Å². The molecule has 5 aromatic rings. The van der Waals surface area contributed by atoms with E-state index < -0.39 is 130 Å². The minimum absolute atomic E-state index is 0.0764. The van der Waals surface area contributed by atoms with Crippen LogP contribution in [0.5, 0.6) is 0 Å². The SMILES string of the molecule is CC.CNC(C)CC(=O)O.CSN(C(=O)C=O)c1nn(CC(F)(F)F)c2c(-c3ccc(C#CC(C)(C)S(C)=O)nc3C(Cc3cc(F)cc(F)c3)NC(=O)Cn3nc(C(F)(F)F)c4c3C(F)(F)CC4)ccc(Cl)c12.O=CO. The van der Waals surface area contributed by atoms with Crippen LogP contribution in [0.4, 0.5) is 49.7 Å². The van der Waals surface area contributed by atoms with Crippen molar-refractivity contribution in [2.24, 2.45) is 0 Å². The van der Waals surface area contributed by atoms with Crippen molar-refractivity contribution in [3.8, 4) is 23.0 Å². The fourth-order valence-corrected chi connectivity index (χ4v) is 8.32. The number of carbonyl (C=O) groups excluding carboxylic acids is 3. The predicted molar refractivity (Wildman–Crippen MR) is 267 cm³/mol. The molecule has 77 heavy (non-hydrogen) atoms. The summed E-state index contributed by atoms with van der Waals surface area (Å²) in [5.74, 6) is -4.16. The molecule has 3 heterocycles. The Labute approximate surface area is 445 Å². The number of rotatable bonds is 15. The molecule has 0 bridgehead atoms. The number of nitrogens with one attached hydrogen (secondary N) is 2. The Morgan fingerprint density at radius 3 is 2.10 bits per heavy atom. The number of carbonyl (C=O) groups is 5. The summed E-state index contributed by atoms with van der Waals surface area (Å²) in [5, 5.41) is 27.2. The number of amides is 2. The summed E-state index contributed by atoms with van der Waals surface area (Å²) in [6, 6.07) is 5.74. The van der Waals surface area contributed by atoms with Crippen LogP contribution in [0, 0.1) is 23.5 Å². The first kappa shape index (κ1) is 64.7. The third kappa shape index (κ3) is 17.0. The Balaban J connectivity index is 0.00000108. The highest BCUT2D eigenvalue weighted by molar-refractivity contribution is 8.00. The second kappa shape index (κ2) is 27.1. The number of carboxylic acids is 1. The molecule has 0 aliphatic heterocycles. The predicted octanol–water partition coefficient (Wildman–Crippen LogP) is 9.06. The van der Waals surface area contributed by atoms with Gasteiger partial charge in [0.05, 0.1) is 34.1 Å². The molecule has 2 amide bonds. The van der Waals surface area contributed by atoms with E-state index in [1.54, 1.807) is 20.9 Å². The second-order valence-electron chi connectivity index (χ2n) is 16.7. The molecule has 0 fully saturated rings. The molecule has 0 saturated heterocycles. The van der Waals surface area contributed by atoms with Crippen LogP contribution in [-0.4, -0.2) is 106 Å². The van der Waals surface area contributed by atoms with Crippen LogP contribution in [0.25, 0.3) is 22.0 Å². The van der Waals surface area contributed by atoms with Gasteiger partial charge < -0.3 is 20.8 Å². The molecule has 0 radical (unpaired) electrons. The lowest BCUT2D eigenvalue weighted by Crippen LogP contribution is -2.35. The molecule has 6 rings (SSSR count). The second-order valence-corrected chi connectivity index (χ2v) is 19.8. The summed E-state index contributed by atoms with van der Waals surface area (Å²) in [6.07, 6.45) is -9.63. The Bertz CT molecular complexity index is 3030. The maximum atomic E-state index is 15.1. The lowest BCUT2D eigenvalue weighted by molar-refractivity contribution is -0.143. The average Bonchev–Trinajstić information content (AvgIpc) is 3.99. The van der Waals surface area contributed by atoms with Gasteiger partial charge in [0.15, 0.2) is 11.5 Å². The molecule has 420 valence electrons. The minimum atomic E-state index is -5.18. The number of aldehydes is 1. The molecule has 1 aliphatic rings. The summed E-state index contributed by atoms with van der Waals surface area (Å²) < 4.78 is 157. The largest absolute Gasteiger partial charge is 0.483 e. The summed E-state index contributed by atoms with van der Waals surface area (Å²) in [6.45, 7) is 5.64. The Morgan fingerprint density at radius 1 is 1.00 bits per heavy atom. The lowest BCUT2D eigenvalue weighted by Gasteiger charge is -2.23. The van der Waals surface area contributed by atoms with Gasteiger partial charge in [0.2, 0.25) is 12.2 Å². The molecule has 29 heteroatoms. The number of aliphatic carboxylic acids is 1. The fourth-order valence-electron chi connectivity index (χ4n) is 7.37. The molecule has 3 atom stereocenters. The number of halogens is 11. The van der Waals surface area contributed by atoms with E-state index in [0.29, 0.717) is 27.0 Å². The van der Waals surface area contributed by atoms with Gasteiger partial charge in [-0.25, -0.2) is 18.1 Å². The maximum absolute atomic E-state index is 15.1. The number of nitrogens with zero attached hydrogens (tertiary/aromatic N) is 6. The van der Waals surface area contributed by atoms with Crippen LogP contribution in [0.1, 0.15) is 87.4 Å². The normalized spacial score (nSPS) is 13.9. The van der Waals surface area contributed by atoms with Gasteiger partial charge in [0.1, 0.15) is 40.9 Å². The summed E-state index contributed by atoms with van der Waals surface area (Å²) in [5.41, 5.74) is -4.83. The van der Waals surface area contributed by atoms with Gasteiger partial charge in [0, 0.05) is 58.5 Å². The van der Waals surface area contributed by atoms with Crippen molar-refractivity contribution < 1.29 is 82.3 Å². The van der Waals surface area contributed by atoms with Gasteiger partial charge >= 0.3 is 24.2 Å². The number of carboxylic acid groups (broad SMARTS) is 2. The van der Waals surface area contributed by atoms with E-state index in [9.17, 15) is 58.5 Å². The van der Waals surface area contributed by atoms with Gasteiger partial charge in [-0.15, -0.1) is 0 Å².